The maximum atomic E-state index is 13.6. The Kier molecular flexibility index (Phi) is 17.1. The minimum absolute atomic E-state index is 0.0142. The van der Waals surface area contributed by atoms with Gasteiger partial charge < -0.3 is 32.4 Å². The van der Waals surface area contributed by atoms with Crippen molar-refractivity contribution in [3.05, 3.63) is 112 Å². The molecule has 0 radical (unpaired) electrons. The van der Waals surface area contributed by atoms with E-state index in [2.05, 4.69) is 87.6 Å². The van der Waals surface area contributed by atoms with Crippen LogP contribution in [-0.4, -0.2) is 96.2 Å². The molecule has 1 unspecified atom stereocenters. The van der Waals surface area contributed by atoms with E-state index in [9.17, 15) is 14.9 Å². The molecule has 0 spiro atoms. The van der Waals surface area contributed by atoms with Gasteiger partial charge in [0.1, 0.15) is 35.4 Å². The summed E-state index contributed by atoms with van der Waals surface area (Å²) in [6.07, 6.45) is -1.90. The second kappa shape index (κ2) is 22.2. The van der Waals surface area contributed by atoms with Gasteiger partial charge in [0.15, 0.2) is 25.7 Å². The molecule has 5 aromatic rings. The number of anilines is 1. The summed E-state index contributed by atoms with van der Waals surface area (Å²) in [4.78, 5) is 38.5. The number of nitriles is 1. The fourth-order valence-electron chi connectivity index (χ4n) is 7.95. The number of H-pyrrole nitrogens is 1. The molecule has 2 aromatic heterocycles. The van der Waals surface area contributed by atoms with Crippen molar-refractivity contribution in [3.63, 3.8) is 0 Å². The van der Waals surface area contributed by atoms with Crippen LogP contribution in [0.5, 0.6) is 11.5 Å². The van der Waals surface area contributed by atoms with Gasteiger partial charge in [0.2, 0.25) is 11.9 Å². The Balaban J connectivity index is 1.59. The predicted octanol–water partition coefficient (Wildman–Crippen LogP) is 9.69. The smallest absolute Gasteiger partial charge is 0.280 e. The SMILES string of the molecule is COc1ccc(C(O[13CH2][13C@H]2O[13C@@H](n3cnc4c(=O)[nH]c([15NH]C(=O)C(C)C)nc43)[13C@H](O[Si](C)(C)C(C)(C)C)[13C@@H]2OP(OCCC#N)N(C(C)C)C(C)C)(c2ccccc2)c2ccc(OC)cc2)cc1. The largest absolute Gasteiger partial charge is 0.497 e. The van der Waals surface area contributed by atoms with Crippen LogP contribution in [0.4, 0.5) is 5.95 Å². The Bertz CT molecular complexity index is 2490. The first kappa shape index (κ1) is 52.4. The lowest BCUT2D eigenvalue weighted by Gasteiger charge is -2.42. The first-order chi connectivity index (χ1) is 32.3. The topological polar surface area (TPSA) is 184 Å². The quantitative estimate of drug-likeness (QED) is 0.0177. The van der Waals surface area contributed by atoms with Crippen LogP contribution in [0.25, 0.3) is 11.2 Å². The van der Waals surface area contributed by atoms with Crippen LogP contribution in [-0.2, 0) is 33.3 Å². The lowest BCUT2D eigenvalue weighted by atomic mass is 9.80. The van der Waals surface area contributed by atoms with Gasteiger partial charge >= 0.3 is 0 Å². The van der Waals surface area contributed by atoms with Crippen LogP contribution in [0.1, 0.15) is 91.7 Å². The molecule has 3 heterocycles. The van der Waals surface area contributed by atoms with Gasteiger partial charge in [-0.05, 0) is 86.8 Å². The summed E-state index contributed by atoms with van der Waals surface area (Å²) in [7, 11) is -1.30. The number of hydrogen-bond acceptors (Lipinski definition) is 13. The number of hydrogen-bond donors (Lipinski definition) is 2. The second-order valence-corrected chi connectivity index (χ2v) is 25.4. The number of nitrogens with one attached hydrogen (secondary N) is 2. The molecule has 1 saturated heterocycles. The molecule has 18 heteroatoms. The number of ether oxygens (including phenoxy) is 4. The first-order valence-electron chi connectivity index (χ1n) is 23.1. The molecule has 68 heavy (non-hydrogen) atoms. The highest BCUT2D eigenvalue weighted by atomic mass is 31.2. The highest BCUT2D eigenvalue weighted by Gasteiger charge is 2.54. The number of aromatic amines is 1. The van der Waals surface area contributed by atoms with Crippen molar-refractivity contribution in [3.8, 4) is 17.6 Å². The number of methoxy groups -OCH3 is 2. The van der Waals surface area contributed by atoms with Gasteiger partial charge in [-0.25, -0.2) is 9.65 Å². The van der Waals surface area contributed by atoms with Gasteiger partial charge in [-0.2, -0.15) is 10.2 Å². The monoisotopic (exact) mass is 975 g/mol. The minimum Gasteiger partial charge on any atom is -0.497 e. The maximum absolute atomic E-state index is 13.6. The molecule has 1 aliphatic rings. The first-order valence-corrected chi connectivity index (χ1v) is 27.1. The summed E-state index contributed by atoms with van der Waals surface area (Å²) in [6, 6.07) is 27.8. The average molecular weight is 976 g/mol. The van der Waals surface area contributed by atoms with Gasteiger partial charge in [0, 0.05) is 18.0 Å². The van der Waals surface area contributed by atoms with Crippen LogP contribution in [0.2, 0.25) is 18.1 Å². The van der Waals surface area contributed by atoms with Crippen LogP contribution in [0, 0.1) is 17.2 Å². The van der Waals surface area contributed by atoms with E-state index in [4.69, 9.17) is 37.4 Å². The van der Waals surface area contributed by atoms with Crippen molar-refractivity contribution < 1.29 is 37.2 Å². The van der Waals surface area contributed by atoms with Crippen LogP contribution in [0.3, 0.4) is 0 Å². The summed E-state index contributed by atoms with van der Waals surface area (Å²) >= 11 is 0. The number of nitrogens with zero attached hydrogens (tertiary/aromatic N) is 5. The number of amides is 1. The van der Waals surface area contributed by atoms with Crippen molar-refractivity contribution in [2.24, 2.45) is 5.92 Å². The van der Waals surface area contributed by atoms with E-state index in [-0.39, 0.29) is 65.7 Å². The van der Waals surface area contributed by atoms with Crippen molar-refractivity contribution >= 4 is 39.9 Å². The predicted molar refractivity (Wildman–Crippen MR) is 266 cm³/mol. The molecule has 2 N–H and O–H groups in total. The molecule has 1 fully saturated rings. The number of benzene rings is 3. The van der Waals surface area contributed by atoms with Gasteiger partial charge in [0.05, 0.1) is 46.3 Å². The fraction of sp³-hybridized carbons (Fsp3) is 0.500. The van der Waals surface area contributed by atoms with E-state index < -0.39 is 52.5 Å². The van der Waals surface area contributed by atoms with Gasteiger partial charge in [-0.3, -0.25) is 24.5 Å². The Hall–Kier alpha value is -5.02. The molecule has 3 aromatic carbocycles. The van der Waals surface area contributed by atoms with Gasteiger partial charge in [-0.15, -0.1) is 0 Å². The van der Waals surface area contributed by atoms with Crippen molar-refractivity contribution in [1.82, 2.24) is 24.2 Å². The third kappa shape index (κ3) is 11.4. The molecule has 0 bridgehead atoms. The Labute approximate surface area is 402 Å². The van der Waals surface area contributed by atoms with E-state index in [1.165, 1.54) is 6.33 Å². The highest BCUT2D eigenvalue weighted by molar-refractivity contribution is 7.44. The van der Waals surface area contributed by atoms with E-state index in [0.717, 1.165) is 16.7 Å². The number of carbonyl (C=O) groups is 1. The number of carbonyl (C=O) groups excluding carboxylic acids is 1. The molecule has 366 valence electrons. The molecule has 0 aliphatic carbocycles. The van der Waals surface area contributed by atoms with Gasteiger partial charge in [-0.1, -0.05) is 89.2 Å². The summed E-state index contributed by atoms with van der Waals surface area (Å²) < 4.78 is 51.3. The molecule has 16 nitrogen and oxygen atoms in total. The molecule has 0 saturated carbocycles. The van der Waals surface area contributed by atoms with E-state index in [1.54, 1.807) is 32.6 Å². The zero-order chi connectivity index (χ0) is 49.6. The van der Waals surface area contributed by atoms with Gasteiger partial charge in [0.25, 0.3) is 14.1 Å². The number of fused-ring (bicyclic) bond motifs is 1. The summed E-state index contributed by atoms with van der Waals surface area (Å²) in [5.74, 6) is 0.647. The molecule has 1 amide bonds. The van der Waals surface area contributed by atoms with E-state index in [1.807, 2.05) is 78.9 Å². The van der Waals surface area contributed by atoms with Crippen LogP contribution >= 0.6 is 8.53 Å². The standard InChI is InChI=1S/C50H68N7O9PSi/c1-32(2)45(58)54-48-53-44-41(46(59)55-48)52-31-56(44)47-43(66-68(12,13)49(7,8)9)42(65-67(63-29-17-28-51)57(33(3)4)34(5)6)40(64-47)30-62-50(35-18-15-14-16-19-35,36-20-24-38(60-10)25-21-36)37-22-26-39(61-11)27-23-37/h14-16,18-27,31-34,40,42-43,47H,17,29-30H2,1-13H3,(H2,53,54,55,58,59)/t40-,42-,43-,47-,67?/m1/s1/i30+1,40+1,42+1,43+1,47+1,54+1. The fourth-order valence-corrected chi connectivity index (χ4v) is 11.0. The summed E-state index contributed by atoms with van der Waals surface area (Å²) in [5.41, 5.74) is 0.963. The Morgan fingerprint density at radius 1 is 0.912 bits per heavy atom. The molecular formula is C50H68N7O9PSi. The highest BCUT2D eigenvalue weighted by Crippen LogP contribution is 2.53. The number of aromatic nitrogens is 4. The van der Waals surface area contributed by atoms with Crippen molar-refractivity contribution in [1.29, 1.82) is 5.26 Å². The Morgan fingerprint density at radius 3 is 2.00 bits per heavy atom. The van der Waals surface area contributed by atoms with Crippen LogP contribution < -0.4 is 20.3 Å². The lowest BCUT2D eigenvalue weighted by molar-refractivity contribution is -0.118. The summed E-state index contributed by atoms with van der Waals surface area (Å²) in [5, 5.41) is 12.1. The van der Waals surface area contributed by atoms with E-state index >= 15 is 0 Å². The molecule has 6 rings (SSSR count). The minimum atomic E-state index is -2.70. The number of imidazole rings is 1. The van der Waals surface area contributed by atoms with E-state index in [0.29, 0.717) is 11.5 Å². The number of rotatable bonds is 21. The third-order valence-electron chi connectivity index (χ3n) is 12.5. The average Bonchev–Trinajstić information content (AvgIpc) is 3.87. The zero-order valence-corrected chi connectivity index (χ0v) is 43.5. The molecule has 5 atom stereocenters. The van der Waals surface area contributed by atoms with Crippen LogP contribution in [0.15, 0.2) is 90.0 Å². The molecule has 1 aliphatic heterocycles. The third-order valence-corrected chi connectivity index (χ3v) is 19.1. The Morgan fingerprint density at radius 2 is 1.49 bits per heavy atom. The second-order valence-electron chi connectivity index (χ2n) is 19.2. The van der Waals surface area contributed by atoms with Crippen molar-refractivity contribution in [2.75, 3.05) is 32.8 Å². The normalized spacial score (nSPS) is 18.4. The lowest BCUT2D eigenvalue weighted by Crippen LogP contribution is -2.50. The molecular weight excluding hydrogens is 908 g/mol. The van der Waals surface area contributed by atoms with Crippen molar-refractivity contribution in [2.45, 2.75) is 129 Å². The summed E-state index contributed by atoms with van der Waals surface area (Å²) in [6.45, 7) is 22.7. The zero-order valence-electron chi connectivity index (χ0n) is 41.6. The maximum Gasteiger partial charge on any atom is 0.280 e.